The molecule has 1 aromatic heterocycles. The van der Waals surface area contributed by atoms with E-state index in [4.69, 9.17) is 23.8 Å². The predicted molar refractivity (Wildman–Crippen MR) is 89.2 cm³/mol. The normalized spacial score (nSPS) is 9.78. The van der Waals surface area contributed by atoms with Crippen molar-refractivity contribution >= 4 is 46.2 Å². The number of aromatic nitrogens is 1. The number of carbonyl (C=O) groups excluding carboxylic acids is 1. The van der Waals surface area contributed by atoms with Gasteiger partial charge in [0.05, 0.1) is 21.2 Å². The Kier molecular flexibility index (Phi) is 5.39. The van der Waals surface area contributed by atoms with Gasteiger partial charge in [0.15, 0.2) is 5.11 Å². The molecule has 23 heavy (non-hydrogen) atoms. The van der Waals surface area contributed by atoms with Crippen molar-refractivity contribution in [3.63, 3.8) is 0 Å². The number of benzene rings is 1. The van der Waals surface area contributed by atoms with Crippen LogP contribution in [0.15, 0.2) is 42.7 Å². The van der Waals surface area contributed by atoms with E-state index in [1.165, 1.54) is 24.4 Å². The van der Waals surface area contributed by atoms with Crippen molar-refractivity contribution in [2.24, 2.45) is 0 Å². The van der Waals surface area contributed by atoms with E-state index in [-0.39, 0.29) is 21.5 Å². The Balaban J connectivity index is 1.96. The molecule has 1 amide bonds. The minimum absolute atomic E-state index is 0.0182. The minimum Gasteiger partial charge on any atom is -0.330 e. The second-order valence-electron chi connectivity index (χ2n) is 4.20. The molecule has 8 nitrogen and oxygen atoms in total. The van der Waals surface area contributed by atoms with Crippen molar-refractivity contribution in [2.45, 2.75) is 0 Å². The lowest BCUT2D eigenvalue weighted by Gasteiger charge is -2.12. The number of amides is 1. The van der Waals surface area contributed by atoms with Gasteiger partial charge in [-0.3, -0.25) is 30.7 Å². The molecule has 118 valence electrons. The first kappa shape index (κ1) is 16.6. The number of hydrogen-bond acceptors (Lipinski definition) is 5. The maximum atomic E-state index is 11.8. The van der Waals surface area contributed by atoms with Gasteiger partial charge in [0, 0.05) is 24.5 Å². The number of thiocarbonyl (C=S) groups is 1. The molecule has 0 radical (unpaired) electrons. The zero-order valence-corrected chi connectivity index (χ0v) is 13.0. The number of non-ortho nitro benzene ring substituents is 1. The second kappa shape index (κ2) is 7.47. The smallest absolute Gasteiger partial charge is 0.271 e. The van der Waals surface area contributed by atoms with E-state index in [1.807, 2.05) is 0 Å². The first-order valence-corrected chi connectivity index (χ1v) is 6.97. The molecule has 0 atom stereocenters. The Hall–Kier alpha value is -2.78. The molecular weight excluding hydrogens is 342 g/mol. The second-order valence-corrected chi connectivity index (χ2v) is 5.01. The standard InChI is InChI=1S/C13H10ClN5O3S/c14-10-4-3-9(19(21)22)6-11(10)16-13(23)18-17-12(20)8-2-1-5-15-7-8/h1-7H,(H,17,20)(H2,16,18,23). The molecule has 0 unspecified atom stereocenters. The molecule has 1 aromatic carbocycles. The zero-order chi connectivity index (χ0) is 16.8. The van der Waals surface area contributed by atoms with Crippen LogP contribution in [0.3, 0.4) is 0 Å². The number of nitrogens with one attached hydrogen (secondary N) is 3. The summed E-state index contributed by atoms with van der Waals surface area (Å²) in [6.07, 6.45) is 2.94. The van der Waals surface area contributed by atoms with Crippen molar-refractivity contribution in [1.29, 1.82) is 0 Å². The third-order valence-electron chi connectivity index (χ3n) is 2.62. The van der Waals surface area contributed by atoms with Crippen molar-refractivity contribution in [1.82, 2.24) is 15.8 Å². The Labute approximate surface area is 141 Å². The Morgan fingerprint density at radius 2 is 2.09 bits per heavy atom. The first-order valence-electron chi connectivity index (χ1n) is 6.18. The van der Waals surface area contributed by atoms with Gasteiger partial charge >= 0.3 is 0 Å². The molecule has 0 fully saturated rings. The molecule has 1 heterocycles. The molecule has 0 saturated carbocycles. The number of hydrogen-bond donors (Lipinski definition) is 3. The number of pyridine rings is 1. The Bertz CT molecular complexity index is 757. The number of nitro groups is 1. The summed E-state index contributed by atoms with van der Waals surface area (Å²) >= 11 is 10.9. The van der Waals surface area contributed by atoms with Crippen molar-refractivity contribution in [2.75, 3.05) is 5.32 Å². The maximum absolute atomic E-state index is 11.8. The monoisotopic (exact) mass is 351 g/mol. The number of nitro benzene ring substituents is 1. The van der Waals surface area contributed by atoms with E-state index < -0.39 is 10.8 Å². The fraction of sp³-hybridized carbons (Fsp3) is 0. The van der Waals surface area contributed by atoms with Gasteiger partial charge in [0.1, 0.15) is 0 Å². The fourth-order valence-corrected chi connectivity index (χ4v) is 1.88. The molecule has 3 N–H and O–H groups in total. The van der Waals surface area contributed by atoms with Gasteiger partial charge in [-0.25, -0.2) is 0 Å². The highest BCUT2D eigenvalue weighted by Crippen LogP contribution is 2.26. The highest BCUT2D eigenvalue weighted by molar-refractivity contribution is 7.80. The van der Waals surface area contributed by atoms with Gasteiger partial charge in [-0.1, -0.05) is 11.6 Å². The lowest BCUT2D eigenvalue weighted by molar-refractivity contribution is -0.384. The lowest BCUT2D eigenvalue weighted by Crippen LogP contribution is -2.43. The number of hydrazine groups is 1. The van der Waals surface area contributed by atoms with Crippen LogP contribution in [0.4, 0.5) is 11.4 Å². The van der Waals surface area contributed by atoms with Crippen LogP contribution >= 0.6 is 23.8 Å². The van der Waals surface area contributed by atoms with Crippen LogP contribution in [0.25, 0.3) is 0 Å². The third-order valence-corrected chi connectivity index (χ3v) is 3.16. The number of halogens is 1. The van der Waals surface area contributed by atoms with Gasteiger partial charge in [0.25, 0.3) is 11.6 Å². The van der Waals surface area contributed by atoms with E-state index in [2.05, 4.69) is 21.2 Å². The third kappa shape index (κ3) is 4.59. The number of anilines is 1. The molecule has 2 rings (SSSR count). The fourth-order valence-electron chi connectivity index (χ4n) is 1.56. The summed E-state index contributed by atoms with van der Waals surface area (Å²) in [5.41, 5.74) is 5.28. The van der Waals surface area contributed by atoms with Gasteiger partial charge in [-0.05, 0) is 30.4 Å². The molecule has 0 aliphatic carbocycles. The topological polar surface area (TPSA) is 109 Å². The SMILES string of the molecule is O=C(NNC(=S)Nc1cc([N+](=O)[O-])ccc1Cl)c1cccnc1. The average molecular weight is 352 g/mol. The maximum Gasteiger partial charge on any atom is 0.271 e. The Morgan fingerprint density at radius 3 is 2.74 bits per heavy atom. The van der Waals surface area contributed by atoms with Gasteiger partial charge < -0.3 is 5.32 Å². The summed E-state index contributed by atoms with van der Waals surface area (Å²) in [7, 11) is 0. The molecule has 0 saturated heterocycles. The van der Waals surface area contributed by atoms with E-state index >= 15 is 0 Å². The van der Waals surface area contributed by atoms with Crippen LogP contribution in [-0.4, -0.2) is 20.9 Å². The zero-order valence-electron chi connectivity index (χ0n) is 11.4. The number of nitrogens with zero attached hydrogens (tertiary/aromatic N) is 2. The molecule has 0 bridgehead atoms. The predicted octanol–water partition coefficient (Wildman–Crippen LogP) is 2.27. The lowest BCUT2D eigenvalue weighted by atomic mass is 10.3. The summed E-state index contributed by atoms with van der Waals surface area (Å²) in [6, 6.07) is 7.08. The van der Waals surface area contributed by atoms with Crippen LogP contribution in [0.5, 0.6) is 0 Å². The average Bonchev–Trinajstić information content (AvgIpc) is 2.55. The summed E-state index contributed by atoms with van der Waals surface area (Å²) in [4.78, 5) is 25.8. The van der Waals surface area contributed by atoms with E-state index in [1.54, 1.807) is 18.3 Å². The van der Waals surface area contributed by atoms with Crippen LogP contribution in [-0.2, 0) is 0 Å². The molecule has 2 aromatic rings. The van der Waals surface area contributed by atoms with Crippen LogP contribution in [0.1, 0.15) is 10.4 Å². The van der Waals surface area contributed by atoms with Crippen molar-refractivity contribution in [3.8, 4) is 0 Å². The Morgan fingerprint density at radius 1 is 1.30 bits per heavy atom. The number of rotatable bonds is 3. The highest BCUT2D eigenvalue weighted by Gasteiger charge is 2.11. The van der Waals surface area contributed by atoms with E-state index in [0.717, 1.165) is 0 Å². The van der Waals surface area contributed by atoms with Crippen LogP contribution in [0.2, 0.25) is 5.02 Å². The van der Waals surface area contributed by atoms with E-state index in [9.17, 15) is 14.9 Å². The summed E-state index contributed by atoms with van der Waals surface area (Å²) < 4.78 is 0. The van der Waals surface area contributed by atoms with Gasteiger partial charge in [-0.15, -0.1) is 0 Å². The summed E-state index contributed by atoms with van der Waals surface area (Å²) in [6.45, 7) is 0. The van der Waals surface area contributed by atoms with Crippen molar-refractivity contribution in [3.05, 3.63) is 63.4 Å². The molecule has 0 aliphatic rings. The highest BCUT2D eigenvalue weighted by atomic mass is 35.5. The molecule has 10 heteroatoms. The van der Waals surface area contributed by atoms with Crippen LogP contribution in [0, 0.1) is 10.1 Å². The van der Waals surface area contributed by atoms with Crippen molar-refractivity contribution < 1.29 is 9.72 Å². The quantitative estimate of drug-likeness (QED) is 0.442. The molecular formula is C13H10ClN5O3S. The van der Waals surface area contributed by atoms with Gasteiger partial charge in [-0.2, -0.15) is 0 Å². The van der Waals surface area contributed by atoms with E-state index in [0.29, 0.717) is 5.56 Å². The minimum atomic E-state index is -0.553. The summed E-state index contributed by atoms with van der Waals surface area (Å²) in [5.74, 6) is -0.438. The number of carbonyl (C=O) groups is 1. The van der Waals surface area contributed by atoms with Crippen LogP contribution < -0.4 is 16.2 Å². The largest absolute Gasteiger partial charge is 0.330 e. The molecule has 0 aliphatic heterocycles. The van der Waals surface area contributed by atoms with Gasteiger partial charge in [0.2, 0.25) is 0 Å². The summed E-state index contributed by atoms with van der Waals surface area (Å²) in [5, 5.41) is 13.7. The first-order chi connectivity index (χ1) is 11.0. The molecule has 0 spiro atoms.